The highest BCUT2D eigenvalue weighted by atomic mass is 35.5. The Kier molecular flexibility index (Phi) is 3.17. The van der Waals surface area contributed by atoms with Crippen LogP contribution in [0.25, 0.3) is 34.0 Å². The average Bonchev–Trinajstić information content (AvgIpc) is 2.98. The molecule has 3 heteroatoms. The van der Waals surface area contributed by atoms with Crippen LogP contribution in [0.3, 0.4) is 0 Å². The van der Waals surface area contributed by atoms with Crippen LogP contribution in [0.2, 0.25) is 5.02 Å². The van der Waals surface area contributed by atoms with Crippen LogP contribution in [0.5, 0.6) is 0 Å². The smallest absolute Gasteiger partial charge is 0.220 e. The summed E-state index contributed by atoms with van der Waals surface area (Å²) in [5.41, 5.74) is 2.75. The van der Waals surface area contributed by atoms with Crippen molar-refractivity contribution in [2.45, 2.75) is 0 Å². The summed E-state index contributed by atoms with van der Waals surface area (Å²) in [6.45, 7) is 0. The highest BCUT2D eigenvalue weighted by molar-refractivity contribution is 6.30. The number of aromatic nitrogens is 1. The van der Waals surface area contributed by atoms with Gasteiger partial charge in [0.15, 0.2) is 5.58 Å². The van der Waals surface area contributed by atoms with E-state index in [-0.39, 0.29) is 0 Å². The van der Waals surface area contributed by atoms with E-state index in [4.69, 9.17) is 16.0 Å². The molecule has 0 aliphatic carbocycles. The number of benzene rings is 3. The number of fused-ring (bicyclic) bond motifs is 3. The molecule has 1 aromatic heterocycles. The van der Waals surface area contributed by atoms with Crippen LogP contribution in [-0.2, 0) is 0 Å². The van der Waals surface area contributed by atoms with Crippen molar-refractivity contribution in [2.24, 2.45) is 0 Å². The monoisotopic (exact) mass is 305 g/mol. The lowest BCUT2D eigenvalue weighted by atomic mass is 10.1. The van der Waals surface area contributed by atoms with Gasteiger partial charge < -0.3 is 4.42 Å². The lowest BCUT2D eigenvalue weighted by molar-refractivity contribution is 0.590. The number of rotatable bonds is 2. The zero-order valence-electron chi connectivity index (χ0n) is 11.7. The zero-order chi connectivity index (χ0) is 14.9. The third-order valence-corrected chi connectivity index (χ3v) is 3.84. The van der Waals surface area contributed by atoms with Gasteiger partial charge in [-0.05, 0) is 35.2 Å². The molecule has 0 saturated heterocycles. The van der Waals surface area contributed by atoms with Gasteiger partial charge in [-0.25, -0.2) is 4.98 Å². The van der Waals surface area contributed by atoms with Gasteiger partial charge in [-0.2, -0.15) is 0 Å². The van der Waals surface area contributed by atoms with E-state index in [9.17, 15) is 0 Å². The number of hydrogen-bond acceptors (Lipinski definition) is 2. The molecule has 2 nitrogen and oxygen atoms in total. The lowest BCUT2D eigenvalue weighted by Crippen LogP contribution is -1.75. The predicted octanol–water partition coefficient (Wildman–Crippen LogP) is 5.80. The topological polar surface area (TPSA) is 26.0 Å². The maximum atomic E-state index is 5.88. The minimum Gasteiger partial charge on any atom is -0.437 e. The summed E-state index contributed by atoms with van der Waals surface area (Å²) in [6.07, 6.45) is 3.83. The van der Waals surface area contributed by atoms with Crippen molar-refractivity contribution in [3.8, 4) is 0 Å². The van der Waals surface area contributed by atoms with Gasteiger partial charge in [-0.15, -0.1) is 0 Å². The van der Waals surface area contributed by atoms with Gasteiger partial charge in [-0.3, -0.25) is 0 Å². The fourth-order valence-electron chi connectivity index (χ4n) is 2.49. The number of halogens is 1. The molecular formula is C19H12ClNO. The standard InChI is InChI=1S/C19H12ClNO/c20-15-9-5-13(6-10-15)7-12-18-21-19-16-4-2-1-3-14(16)8-11-17(19)22-18/h1-12H/b12-7+. The molecule has 0 aliphatic heterocycles. The van der Waals surface area contributed by atoms with Crippen LogP contribution < -0.4 is 0 Å². The first-order chi connectivity index (χ1) is 10.8. The van der Waals surface area contributed by atoms with E-state index in [2.05, 4.69) is 23.2 Å². The second-order valence-corrected chi connectivity index (χ2v) is 5.51. The van der Waals surface area contributed by atoms with E-state index < -0.39 is 0 Å². The maximum Gasteiger partial charge on any atom is 0.220 e. The van der Waals surface area contributed by atoms with Crippen LogP contribution in [-0.4, -0.2) is 4.98 Å². The van der Waals surface area contributed by atoms with Gasteiger partial charge in [0.25, 0.3) is 0 Å². The molecule has 0 bridgehead atoms. The number of oxazole rings is 1. The summed E-state index contributed by atoms with van der Waals surface area (Å²) < 4.78 is 5.80. The molecule has 4 aromatic rings. The normalized spacial score (nSPS) is 11.7. The Morgan fingerprint density at radius 1 is 0.864 bits per heavy atom. The first kappa shape index (κ1) is 13.1. The van der Waals surface area contributed by atoms with Gasteiger partial charge in [-0.1, -0.05) is 54.1 Å². The fraction of sp³-hybridized carbons (Fsp3) is 0. The Morgan fingerprint density at radius 2 is 1.68 bits per heavy atom. The van der Waals surface area contributed by atoms with E-state index in [1.54, 1.807) is 0 Å². The van der Waals surface area contributed by atoms with Gasteiger partial charge in [0.2, 0.25) is 5.89 Å². The van der Waals surface area contributed by atoms with E-state index >= 15 is 0 Å². The number of nitrogens with zero attached hydrogens (tertiary/aromatic N) is 1. The van der Waals surface area contributed by atoms with Crippen molar-refractivity contribution in [3.63, 3.8) is 0 Å². The summed E-state index contributed by atoms with van der Waals surface area (Å²) in [7, 11) is 0. The summed E-state index contributed by atoms with van der Waals surface area (Å²) in [4.78, 5) is 4.59. The highest BCUT2D eigenvalue weighted by Gasteiger charge is 2.06. The highest BCUT2D eigenvalue weighted by Crippen LogP contribution is 2.26. The Balaban J connectivity index is 1.76. The Labute approximate surface area is 132 Å². The third-order valence-electron chi connectivity index (χ3n) is 3.59. The van der Waals surface area contributed by atoms with E-state index in [0.29, 0.717) is 5.89 Å². The van der Waals surface area contributed by atoms with E-state index in [1.165, 1.54) is 0 Å². The first-order valence-electron chi connectivity index (χ1n) is 7.01. The summed E-state index contributed by atoms with van der Waals surface area (Å²) in [5, 5.41) is 3.00. The van der Waals surface area contributed by atoms with Gasteiger partial charge in [0, 0.05) is 16.5 Å². The molecule has 0 spiro atoms. The Bertz CT molecular complexity index is 983. The summed E-state index contributed by atoms with van der Waals surface area (Å²) >= 11 is 5.88. The van der Waals surface area contributed by atoms with Crippen molar-refractivity contribution in [3.05, 3.63) is 77.1 Å². The van der Waals surface area contributed by atoms with Crippen molar-refractivity contribution in [2.75, 3.05) is 0 Å². The molecule has 0 radical (unpaired) electrons. The van der Waals surface area contributed by atoms with Crippen LogP contribution in [0.1, 0.15) is 11.5 Å². The van der Waals surface area contributed by atoms with Crippen molar-refractivity contribution in [1.29, 1.82) is 0 Å². The van der Waals surface area contributed by atoms with E-state index in [1.807, 2.05) is 54.6 Å². The van der Waals surface area contributed by atoms with Crippen molar-refractivity contribution < 1.29 is 4.42 Å². The number of hydrogen-bond donors (Lipinski definition) is 0. The first-order valence-corrected chi connectivity index (χ1v) is 7.39. The Hall–Kier alpha value is -2.58. The maximum absolute atomic E-state index is 5.88. The molecule has 0 amide bonds. The predicted molar refractivity (Wildman–Crippen MR) is 91.9 cm³/mol. The molecule has 0 N–H and O–H groups in total. The minimum absolute atomic E-state index is 0.598. The molecule has 1 heterocycles. The molecule has 0 atom stereocenters. The zero-order valence-corrected chi connectivity index (χ0v) is 12.4. The van der Waals surface area contributed by atoms with Crippen LogP contribution in [0.4, 0.5) is 0 Å². The second kappa shape index (κ2) is 5.32. The SMILES string of the molecule is Clc1ccc(/C=C/c2nc3c(ccc4ccccc43)o2)cc1. The Morgan fingerprint density at radius 3 is 2.55 bits per heavy atom. The van der Waals surface area contributed by atoms with E-state index in [0.717, 1.165) is 32.5 Å². The summed E-state index contributed by atoms with van der Waals surface area (Å²) in [6, 6.07) is 19.8. The molecule has 0 unspecified atom stereocenters. The molecule has 3 aromatic carbocycles. The van der Waals surface area contributed by atoms with Gasteiger partial charge in [0.05, 0.1) is 0 Å². The third kappa shape index (κ3) is 2.38. The molecule has 106 valence electrons. The largest absolute Gasteiger partial charge is 0.437 e. The van der Waals surface area contributed by atoms with Gasteiger partial charge in [0.1, 0.15) is 5.52 Å². The van der Waals surface area contributed by atoms with Crippen molar-refractivity contribution >= 4 is 45.6 Å². The van der Waals surface area contributed by atoms with Crippen LogP contribution in [0.15, 0.2) is 65.1 Å². The van der Waals surface area contributed by atoms with Crippen LogP contribution >= 0.6 is 11.6 Å². The molecule has 0 fully saturated rings. The second-order valence-electron chi connectivity index (χ2n) is 5.07. The molecule has 22 heavy (non-hydrogen) atoms. The molecule has 4 rings (SSSR count). The molecule has 0 saturated carbocycles. The van der Waals surface area contributed by atoms with Crippen LogP contribution in [0, 0.1) is 0 Å². The summed E-state index contributed by atoms with van der Waals surface area (Å²) in [5.74, 6) is 0.598. The quantitative estimate of drug-likeness (QED) is 0.467. The molecular weight excluding hydrogens is 294 g/mol. The fourth-order valence-corrected chi connectivity index (χ4v) is 2.62. The minimum atomic E-state index is 0.598. The van der Waals surface area contributed by atoms with Crippen molar-refractivity contribution in [1.82, 2.24) is 4.98 Å². The average molecular weight is 306 g/mol. The lowest BCUT2D eigenvalue weighted by Gasteiger charge is -1.95. The molecule has 0 aliphatic rings. The van der Waals surface area contributed by atoms with Gasteiger partial charge >= 0.3 is 0 Å².